The normalized spacial score (nSPS) is 10.2. The Morgan fingerprint density at radius 3 is 2.67 bits per heavy atom. The highest BCUT2D eigenvalue weighted by molar-refractivity contribution is 6.31. The van der Waals surface area contributed by atoms with Crippen molar-refractivity contribution in [2.75, 3.05) is 5.32 Å². The van der Waals surface area contributed by atoms with Crippen LogP contribution < -0.4 is 5.32 Å². The summed E-state index contributed by atoms with van der Waals surface area (Å²) in [6, 6.07) is 5.67. The molecule has 1 aromatic heterocycles. The number of rotatable bonds is 3. The lowest BCUT2D eigenvalue weighted by molar-refractivity contribution is -0.384. The molecule has 1 amide bonds. The molecule has 1 heterocycles. The van der Waals surface area contributed by atoms with Gasteiger partial charge >= 0.3 is 5.69 Å². The maximum absolute atomic E-state index is 13.6. The van der Waals surface area contributed by atoms with E-state index in [1.54, 1.807) is 0 Å². The van der Waals surface area contributed by atoms with Crippen LogP contribution in [0.2, 0.25) is 10.2 Å². The average Bonchev–Trinajstić information content (AvgIpc) is 2.41. The molecule has 0 aliphatic rings. The molecule has 0 unspecified atom stereocenters. The molecule has 21 heavy (non-hydrogen) atoms. The molecule has 0 fully saturated rings. The minimum absolute atomic E-state index is 0.0533. The van der Waals surface area contributed by atoms with Gasteiger partial charge in [0.25, 0.3) is 5.91 Å². The van der Waals surface area contributed by atoms with Crippen molar-refractivity contribution in [3.8, 4) is 0 Å². The smallest absolute Gasteiger partial charge is 0.301 e. The maximum atomic E-state index is 13.6. The van der Waals surface area contributed by atoms with Crippen LogP contribution in [-0.2, 0) is 0 Å². The second kappa shape index (κ2) is 6.02. The van der Waals surface area contributed by atoms with Crippen LogP contribution >= 0.6 is 23.2 Å². The predicted molar refractivity (Wildman–Crippen MR) is 75.3 cm³/mol. The highest BCUT2D eigenvalue weighted by atomic mass is 35.5. The number of nitrogens with zero attached hydrogens (tertiary/aromatic N) is 2. The quantitative estimate of drug-likeness (QED) is 0.528. The van der Waals surface area contributed by atoms with Crippen molar-refractivity contribution in [1.82, 2.24) is 4.98 Å². The molecule has 9 heteroatoms. The van der Waals surface area contributed by atoms with Gasteiger partial charge in [-0.05, 0) is 24.3 Å². The molecule has 2 rings (SSSR count). The summed E-state index contributed by atoms with van der Waals surface area (Å²) < 4.78 is 13.6. The number of anilines is 1. The molecule has 108 valence electrons. The lowest BCUT2D eigenvalue weighted by atomic mass is 10.2. The van der Waals surface area contributed by atoms with Gasteiger partial charge in [-0.15, -0.1) is 0 Å². The summed E-state index contributed by atoms with van der Waals surface area (Å²) in [5.41, 5.74) is -0.825. The molecule has 0 spiro atoms. The zero-order valence-electron chi connectivity index (χ0n) is 10.1. The van der Waals surface area contributed by atoms with E-state index in [-0.39, 0.29) is 21.6 Å². The van der Waals surface area contributed by atoms with E-state index in [1.807, 2.05) is 0 Å². The van der Waals surface area contributed by atoms with Gasteiger partial charge in [-0.1, -0.05) is 23.2 Å². The van der Waals surface area contributed by atoms with Crippen LogP contribution in [-0.4, -0.2) is 15.8 Å². The van der Waals surface area contributed by atoms with Gasteiger partial charge in [0, 0.05) is 11.1 Å². The van der Waals surface area contributed by atoms with Gasteiger partial charge in [0.1, 0.15) is 11.0 Å². The highest BCUT2D eigenvalue weighted by Crippen LogP contribution is 2.25. The van der Waals surface area contributed by atoms with Crippen LogP contribution in [0.25, 0.3) is 0 Å². The molecule has 0 aliphatic heterocycles. The zero-order chi connectivity index (χ0) is 15.6. The van der Waals surface area contributed by atoms with Crippen LogP contribution in [0.4, 0.5) is 15.9 Å². The van der Waals surface area contributed by atoms with Gasteiger partial charge in [-0.2, -0.15) is 0 Å². The van der Waals surface area contributed by atoms with E-state index in [2.05, 4.69) is 10.3 Å². The lowest BCUT2D eigenvalue weighted by Gasteiger charge is -2.06. The molecule has 0 bridgehead atoms. The number of benzene rings is 1. The predicted octanol–water partition coefficient (Wildman–Crippen LogP) is 3.69. The molecule has 1 aromatic carbocycles. The van der Waals surface area contributed by atoms with E-state index in [9.17, 15) is 19.3 Å². The Balaban J connectivity index is 2.38. The fourth-order valence-corrected chi connectivity index (χ4v) is 1.83. The third-order valence-electron chi connectivity index (χ3n) is 2.44. The van der Waals surface area contributed by atoms with Crippen LogP contribution in [0.1, 0.15) is 10.4 Å². The van der Waals surface area contributed by atoms with Gasteiger partial charge in [-0.3, -0.25) is 14.9 Å². The Hall–Kier alpha value is -2.25. The van der Waals surface area contributed by atoms with Crippen molar-refractivity contribution in [2.24, 2.45) is 0 Å². The number of halogens is 3. The number of hydrogen-bond acceptors (Lipinski definition) is 4. The fourth-order valence-electron chi connectivity index (χ4n) is 1.51. The summed E-state index contributed by atoms with van der Waals surface area (Å²) in [6.07, 6.45) is 0. The summed E-state index contributed by atoms with van der Waals surface area (Å²) in [5, 5.41) is 13.1. The van der Waals surface area contributed by atoms with Crippen molar-refractivity contribution < 1.29 is 14.1 Å². The monoisotopic (exact) mass is 329 g/mol. The molecule has 0 radical (unpaired) electrons. The Labute approximate surface area is 127 Å². The largest absolute Gasteiger partial charge is 0.311 e. The summed E-state index contributed by atoms with van der Waals surface area (Å²) >= 11 is 11.3. The summed E-state index contributed by atoms with van der Waals surface area (Å²) in [6.45, 7) is 0. The number of pyridine rings is 1. The Morgan fingerprint density at radius 1 is 1.29 bits per heavy atom. The van der Waals surface area contributed by atoms with Crippen LogP contribution in [0.5, 0.6) is 0 Å². The van der Waals surface area contributed by atoms with Gasteiger partial charge in [0.05, 0.1) is 10.5 Å². The summed E-state index contributed by atoms with van der Waals surface area (Å²) in [4.78, 5) is 25.7. The lowest BCUT2D eigenvalue weighted by Crippen LogP contribution is -2.16. The van der Waals surface area contributed by atoms with Crippen molar-refractivity contribution in [1.29, 1.82) is 0 Å². The number of nitrogens with one attached hydrogen (secondary N) is 1. The van der Waals surface area contributed by atoms with Crippen LogP contribution in [0.15, 0.2) is 30.3 Å². The number of hydrogen-bond donors (Lipinski definition) is 1. The van der Waals surface area contributed by atoms with E-state index in [4.69, 9.17) is 23.2 Å². The van der Waals surface area contributed by atoms with Crippen molar-refractivity contribution in [3.05, 3.63) is 62.0 Å². The first-order chi connectivity index (χ1) is 9.88. The van der Waals surface area contributed by atoms with Crippen molar-refractivity contribution in [3.63, 3.8) is 0 Å². The minimum Gasteiger partial charge on any atom is -0.301 e. The average molecular weight is 330 g/mol. The van der Waals surface area contributed by atoms with Crippen molar-refractivity contribution in [2.45, 2.75) is 0 Å². The first-order valence-electron chi connectivity index (χ1n) is 5.46. The highest BCUT2D eigenvalue weighted by Gasteiger charge is 2.20. The zero-order valence-corrected chi connectivity index (χ0v) is 11.7. The van der Waals surface area contributed by atoms with Crippen LogP contribution in [0.3, 0.4) is 0 Å². The molecule has 2 aromatic rings. The summed E-state index contributed by atoms with van der Waals surface area (Å²) in [5.74, 6) is -2.12. The molecule has 0 atom stereocenters. The molecule has 6 nitrogen and oxygen atoms in total. The topological polar surface area (TPSA) is 85.1 Å². The van der Waals surface area contributed by atoms with E-state index in [1.165, 1.54) is 12.1 Å². The summed E-state index contributed by atoms with van der Waals surface area (Å²) in [7, 11) is 0. The van der Waals surface area contributed by atoms with Gasteiger partial charge < -0.3 is 5.32 Å². The first-order valence-corrected chi connectivity index (χ1v) is 6.21. The third-order valence-corrected chi connectivity index (χ3v) is 2.89. The van der Waals surface area contributed by atoms with E-state index in [0.29, 0.717) is 0 Å². The molecular weight excluding hydrogens is 324 g/mol. The molecule has 1 N–H and O–H groups in total. The number of carbonyl (C=O) groups excluding carboxylic acids is 1. The Bertz CT molecular complexity index is 740. The van der Waals surface area contributed by atoms with Gasteiger partial charge in [-0.25, -0.2) is 9.37 Å². The number of aromatic nitrogens is 1. The Morgan fingerprint density at radius 2 is 2.00 bits per heavy atom. The van der Waals surface area contributed by atoms with Gasteiger partial charge in [0.15, 0.2) is 0 Å². The molecule has 0 aliphatic carbocycles. The first kappa shape index (κ1) is 15.1. The molecule has 0 saturated carbocycles. The molecular formula is C12H6Cl2FN3O3. The minimum atomic E-state index is -0.923. The fraction of sp³-hybridized carbons (Fsp3) is 0. The number of carbonyl (C=O) groups is 1. The second-order valence-electron chi connectivity index (χ2n) is 3.84. The third kappa shape index (κ3) is 3.45. The van der Waals surface area contributed by atoms with Crippen molar-refractivity contribution >= 4 is 40.6 Å². The maximum Gasteiger partial charge on any atom is 0.311 e. The van der Waals surface area contributed by atoms with Gasteiger partial charge in [0.2, 0.25) is 5.82 Å². The van der Waals surface area contributed by atoms with E-state index < -0.39 is 22.3 Å². The van der Waals surface area contributed by atoms with Crippen LogP contribution in [0, 0.1) is 15.9 Å². The Kier molecular flexibility index (Phi) is 4.35. The number of amides is 1. The molecule has 0 saturated heterocycles. The SMILES string of the molecule is O=C(Nc1nc(Cl)ccc1[N+](=O)[O-])c1cc(Cl)ccc1F. The van der Waals surface area contributed by atoms with E-state index >= 15 is 0 Å². The van der Waals surface area contributed by atoms with E-state index in [0.717, 1.165) is 18.2 Å². The second-order valence-corrected chi connectivity index (χ2v) is 4.66. The number of nitro groups is 1. The standard InChI is InChI=1S/C12H6Cl2FN3O3/c13-6-1-2-8(15)7(5-6)12(19)17-11-9(18(20)21)3-4-10(14)16-11/h1-5H,(H,16,17,19).